The molecule has 136 valence electrons. The van der Waals surface area contributed by atoms with Crippen molar-refractivity contribution in [2.75, 3.05) is 18.8 Å². The zero-order valence-electron chi connectivity index (χ0n) is 14.6. The van der Waals surface area contributed by atoms with E-state index in [1.807, 2.05) is 36.0 Å². The van der Waals surface area contributed by atoms with Gasteiger partial charge in [0.05, 0.1) is 5.92 Å². The van der Waals surface area contributed by atoms with Crippen LogP contribution in [0.4, 0.5) is 0 Å². The van der Waals surface area contributed by atoms with Crippen LogP contribution in [-0.2, 0) is 4.79 Å². The molecule has 1 amide bonds. The fraction of sp³-hybridized carbons (Fsp3) is 0.381. The van der Waals surface area contributed by atoms with Crippen LogP contribution in [0.3, 0.4) is 0 Å². The topological polar surface area (TPSA) is 41.1 Å². The molecule has 0 radical (unpaired) electrons. The summed E-state index contributed by atoms with van der Waals surface area (Å²) in [5.41, 5.74) is 2.36. The Morgan fingerprint density at radius 3 is 2.85 bits per heavy atom. The lowest BCUT2D eigenvalue weighted by Crippen LogP contribution is -2.49. The maximum absolute atomic E-state index is 13.1. The molecule has 5 heteroatoms. The number of carbonyl (C=O) groups excluding carboxylic acids is 1. The third kappa shape index (κ3) is 3.78. The number of hydrogen-bond donors (Lipinski definition) is 2. The quantitative estimate of drug-likeness (QED) is 0.831. The fourth-order valence-corrected chi connectivity index (χ4v) is 5.29. The minimum atomic E-state index is -0.101. The van der Waals surface area contributed by atoms with Crippen molar-refractivity contribution in [2.24, 2.45) is 0 Å². The predicted molar refractivity (Wildman–Crippen MR) is 108 cm³/mol. The lowest BCUT2D eigenvalue weighted by molar-refractivity contribution is -0.123. The van der Waals surface area contributed by atoms with Gasteiger partial charge in [-0.1, -0.05) is 41.9 Å². The minimum Gasteiger partial charge on any atom is -0.352 e. The number of rotatable bonds is 3. The first-order valence-corrected chi connectivity index (χ1v) is 10.6. The van der Waals surface area contributed by atoms with Crippen molar-refractivity contribution in [1.82, 2.24) is 10.6 Å². The van der Waals surface area contributed by atoms with E-state index in [0.29, 0.717) is 10.9 Å². The van der Waals surface area contributed by atoms with Gasteiger partial charge in [0.25, 0.3) is 0 Å². The van der Waals surface area contributed by atoms with Crippen molar-refractivity contribution in [2.45, 2.75) is 35.6 Å². The smallest absolute Gasteiger partial charge is 0.227 e. The van der Waals surface area contributed by atoms with Crippen molar-refractivity contribution in [3.8, 4) is 0 Å². The van der Waals surface area contributed by atoms with Crippen LogP contribution in [0.25, 0.3) is 0 Å². The number of fused-ring (bicyclic) bond motifs is 1. The van der Waals surface area contributed by atoms with E-state index in [1.54, 1.807) is 0 Å². The molecule has 2 aliphatic rings. The zero-order chi connectivity index (χ0) is 17.9. The number of carbonyl (C=O) groups is 1. The average Bonchev–Trinajstić information content (AvgIpc) is 2.68. The Morgan fingerprint density at radius 2 is 2.00 bits per heavy atom. The van der Waals surface area contributed by atoms with Crippen molar-refractivity contribution >= 4 is 29.3 Å². The molecule has 0 aliphatic carbocycles. The molecule has 0 saturated carbocycles. The number of amides is 1. The summed E-state index contributed by atoms with van der Waals surface area (Å²) in [7, 11) is 0. The van der Waals surface area contributed by atoms with Gasteiger partial charge in [0.2, 0.25) is 5.91 Å². The second kappa shape index (κ2) is 8.03. The van der Waals surface area contributed by atoms with Crippen LogP contribution in [0.2, 0.25) is 5.02 Å². The van der Waals surface area contributed by atoms with Gasteiger partial charge >= 0.3 is 0 Å². The number of hydrogen-bond acceptors (Lipinski definition) is 3. The molecule has 26 heavy (non-hydrogen) atoms. The largest absolute Gasteiger partial charge is 0.352 e. The first-order valence-electron chi connectivity index (χ1n) is 9.20. The predicted octanol–water partition coefficient (Wildman–Crippen LogP) is 4.18. The molecule has 1 fully saturated rings. The van der Waals surface area contributed by atoms with Gasteiger partial charge in [0.15, 0.2) is 0 Å². The van der Waals surface area contributed by atoms with E-state index < -0.39 is 0 Å². The molecule has 2 aromatic carbocycles. The van der Waals surface area contributed by atoms with Crippen LogP contribution in [0.15, 0.2) is 53.4 Å². The first-order chi connectivity index (χ1) is 12.7. The standard InChI is InChI=1S/C21H23ClN2OS/c22-15-6-7-20-17(12-15)16(9-11-26-20)21(25)24-19-8-10-23-13-18(19)14-4-2-1-3-5-14/h1-7,12,16,18-19,23H,8-11,13H2,(H,24,25). The number of nitrogens with one attached hydrogen (secondary N) is 2. The number of benzene rings is 2. The summed E-state index contributed by atoms with van der Waals surface area (Å²) in [6, 6.07) is 16.6. The van der Waals surface area contributed by atoms with E-state index in [9.17, 15) is 4.79 Å². The molecule has 2 heterocycles. The highest BCUT2D eigenvalue weighted by Gasteiger charge is 2.32. The Balaban J connectivity index is 1.53. The number of halogens is 1. The van der Waals surface area contributed by atoms with E-state index in [-0.39, 0.29) is 17.9 Å². The summed E-state index contributed by atoms with van der Waals surface area (Å²) in [5.74, 6) is 1.32. The Kier molecular flexibility index (Phi) is 5.53. The van der Waals surface area contributed by atoms with Gasteiger partial charge in [0, 0.05) is 28.4 Å². The van der Waals surface area contributed by atoms with E-state index in [0.717, 1.165) is 37.2 Å². The Hall–Kier alpha value is -1.49. The SMILES string of the molecule is O=C(NC1CCNCC1c1ccccc1)C1CCSc2ccc(Cl)cc21. The maximum Gasteiger partial charge on any atom is 0.227 e. The van der Waals surface area contributed by atoms with Crippen LogP contribution < -0.4 is 10.6 Å². The molecule has 0 spiro atoms. The van der Waals surface area contributed by atoms with Crippen LogP contribution >= 0.6 is 23.4 Å². The van der Waals surface area contributed by atoms with Gasteiger partial charge < -0.3 is 10.6 Å². The van der Waals surface area contributed by atoms with Crippen molar-refractivity contribution in [3.63, 3.8) is 0 Å². The molecule has 0 aromatic heterocycles. The molecule has 3 unspecified atom stereocenters. The van der Waals surface area contributed by atoms with Gasteiger partial charge in [-0.05, 0) is 54.5 Å². The first kappa shape index (κ1) is 17.9. The summed E-state index contributed by atoms with van der Waals surface area (Å²) < 4.78 is 0. The molecule has 4 rings (SSSR count). The van der Waals surface area contributed by atoms with E-state index in [2.05, 4.69) is 34.9 Å². The maximum atomic E-state index is 13.1. The summed E-state index contributed by atoms with van der Waals surface area (Å²) in [4.78, 5) is 14.3. The Bertz CT molecular complexity index is 783. The van der Waals surface area contributed by atoms with Crippen molar-refractivity contribution in [3.05, 3.63) is 64.7 Å². The van der Waals surface area contributed by atoms with Crippen LogP contribution in [0.1, 0.15) is 35.8 Å². The van der Waals surface area contributed by atoms with E-state index in [4.69, 9.17) is 11.6 Å². The van der Waals surface area contributed by atoms with Gasteiger partial charge in [-0.25, -0.2) is 0 Å². The average molecular weight is 387 g/mol. The van der Waals surface area contributed by atoms with Gasteiger partial charge in [-0.3, -0.25) is 4.79 Å². The molecule has 2 aromatic rings. The van der Waals surface area contributed by atoms with E-state index >= 15 is 0 Å². The highest BCUT2D eigenvalue weighted by Crippen LogP contribution is 2.39. The van der Waals surface area contributed by atoms with Crippen LogP contribution in [0, 0.1) is 0 Å². The lowest BCUT2D eigenvalue weighted by Gasteiger charge is -2.35. The Labute approximate surface area is 163 Å². The second-order valence-electron chi connectivity index (χ2n) is 7.00. The van der Waals surface area contributed by atoms with Crippen LogP contribution in [-0.4, -0.2) is 30.8 Å². The van der Waals surface area contributed by atoms with Crippen LogP contribution in [0.5, 0.6) is 0 Å². The highest BCUT2D eigenvalue weighted by atomic mass is 35.5. The third-order valence-corrected chi connectivity index (χ3v) is 6.72. The molecule has 2 aliphatic heterocycles. The highest BCUT2D eigenvalue weighted by molar-refractivity contribution is 7.99. The van der Waals surface area contributed by atoms with Gasteiger partial charge in [-0.15, -0.1) is 11.8 Å². The third-order valence-electron chi connectivity index (χ3n) is 5.37. The monoisotopic (exact) mass is 386 g/mol. The lowest BCUT2D eigenvalue weighted by atomic mass is 9.86. The minimum absolute atomic E-state index is 0.101. The number of piperidine rings is 1. The van der Waals surface area contributed by atoms with Crippen molar-refractivity contribution in [1.29, 1.82) is 0 Å². The molecule has 3 nitrogen and oxygen atoms in total. The van der Waals surface area contributed by atoms with Gasteiger partial charge in [0.1, 0.15) is 0 Å². The molecule has 1 saturated heterocycles. The number of thioether (sulfide) groups is 1. The molecular weight excluding hydrogens is 364 g/mol. The van der Waals surface area contributed by atoms with Crippen molar-refractivity contribution < 1.29 is 4.79 Å². The second-order valence-corrected chi connectivity index (χ2v) is 8.57. The summed E-state index contributed by atoms with van der Waals surface area (Å²) >= 11 is 8.01. The zero-order valence-corrected chi connectivity index (χ0v) is 16.2. The molecule has 3 atom stereocenters. The molecule has 0 bridgehead atoms. The summed E-state index contributed by atoms with van der Waals surface area (Å²) in [6.07, 6.45) is 1.82. The molecular formula is C21H23ClN2OS. The summed E-state index contributed by atoms with van der Waals surface area (Å²) in [5, 5.41) is 7.54. The fourth-order valence-electron chi connectivity index (χ4n) is 4.00. The normalized spacial score (nSPS) is 25.3. The Morgan fingerprint density at radius 1 is 1.15 bits per heavy atom. The van der Waals surface area contributed by atoms with Gasteiger partial charge in [-0.2, -0.15) is 0 Å². The summed E-state index contributed by atoms with van der Waals surface area (Å²) in [6.45, 7) is 1.84. The van der Waals surface area contributed by atoms with E-state index in [1.165, 1.54) is 10.5 Å². The molecule has 2 N–H and O–H groups in total.